The maximum Gasteiger partial charge on any atom is 0.258 e. The van der Waals surface area contributed by atoms with Crippen molar-refractivity contribution in [2.75, 3.05) is 42.8 Å². The molecule has 20 nitrogen and oxygen atoms in total. The number of benzene rings is 1. The zero-order valence-electron chi connectivity index (χ0n) is 32.1. The van der Waals surface area contributed by atoms with Gasteiger partial charge in [0.05, 0.1) is 39.1 Å². The van der Waals surface area contributed by atoms with Gasteiger partial charge in [0, 0.05) is 24.4 Å². The van der Waals surface area contributed by atoms with Crippen LogP contribution in [0.2, 0.25) is 5.15 Å². The first kappa shape index (κ1) is 39.8. The number of nitrogen functional groups attached to an aromatic ring is 1. The first-order valence-corrected chi connectivity index (χ1v) is 20.1. The second-order valence-electron chi connectivity index (χ2n) is 15.8. The van der Waals surface area contributed by atoms with Crippen LogP contribution in [-0.4, -0.2) is 133 Å². The fourth-order valence-corrected chi connectivity index (χ4v) is 7.93. The molecule has 4 aromatic heterocycles. The summed E-state index contributed by atoms with van der Waals surface area (Å²) in [4.78, 5) is 38.2. The zero-order chi connectivity index (χ0) is 41.1. The molecule has 6 aliphatic rings. The molecule has 2 spiro atoms. The van der Waals surface area contributed by atoms with Gasteiger partial charge in [-0.05, 0) is 30.9 Å². The van der Waals surface area contributed by atoms with Gasteiger partial charge in [-0.25, -0.2) is 9.97 Å². The van der Waals surface area contributed by atoms with Crippen LogP contribution in [0, 0.1) is 5.92 Å². The van der Waals surface area contributed by atoms with Gasteiger partial charge in [-0.1, -0.05) is 49.6 Å². The van der Waals surface area contributed by atoms with Crippen molar-refractivity contribution in [1.82, 2.24) is 39.0 Å². The highest BCUT2D eigenvalue weighted by atomic mass is 35.5. The number of halogens is 1. The van der Waals surface area contributed by atoms with E-state index in [1.807, 2.05) is 6.07 Å². The lowest BCUT2D eigenvalue weighted by molar-refractivity contribution is -0.225. The Kier molecular flexibility index (Phi) is 10.6. The van der Waals surface area contributed by atoms with E-state index in [1.165, 1.54) is 19.2 Å². The second kappa shape index (κ2) is 15.8. The number of aliphatic hydroxyl groups is 4. The lowest BCUT2D eigenvalue weighted by Crippen LogP contribution is -2.56. The van der Waals surface area contributed by atoms with Crippen LogP contribution in [-0.2, 0) is 18.9 Å². The summed E-state index contributed by atoms with van der Waals surface area (Å²) in [6.07, 6.45) is 4.55. The third kappa shape index (κ3) is 7.25. The molecule has 1 aromatic carbocycles. The summed E-state index contributed by atoms with van der Waals surface area (Å²) in [6, 6.07) is 9.04. The van der Waals surface area contributed by atoms with Crippen LogP contribution in [0.15, 0.2) is 43.0 Å². The van der Waals surface area contributed by atoms with Crippen LogP contribution >= 0.6 is 11.6 Å². The number of nitrogens with two attached hydrogens (primary N) is 1. The Bertz CT molecular complexity index is 2320. The molecule has 1 amide bonds. The van der Waals surface area contributed by atoms with Crippen molar-refractivity contribution in [1.29, 1.82) is 0 Å². The number of imidazole rings is 2. The number of nitrogens with zero attached hydrogens (tertiary/aromatic N) is 8. The summed E-state index contributed by atoms with van der Waals surface area (Å²) >= 11 is 6.28. The quantitative estimate of drug-likeness (QED) is 0.110. The second-order valence-corrected chi connectivity index (χ2v) is 16.1. The van der Waals surface area contributed by atoms with Crippen molar-refractivity contribution in [3.63, 3.8) is 0 Å². The van der Waals surface area contributed by atoms with Gasteiger partial charge >= 0.3 is 0 Å². The van der Waals surface area contributed by atoms with Crippen LogP contribution in [0.25, 0.3) is 22.3 Å². The molecule has 8 N–H and O–H groups in total. The highest BCUT2D eigenvalue weighted by Crippen LogP contribution is 2.50. The molecule has 4 aliphatic heterocycles. The number of amides is 1. The van der Waals surface area contributed by atoms with Crippen LogP contribution in [0.5, 0.6) is 0 Å². The molecule has 6 fully saturated rings. The number of aliphatic hydroxyl groups excluding tert-OH is 4. The molecule has 4 saturated heterocycles. The van der Waals surface area contributed by atoms with Crippen LogP contribution in [0.4, 0.5) is 17.7 Å². The predicted octanol–water partition coefficient (Wildman–Crippen LogP) is 1.95. The molecule has 5 aromatic rings. The number of hydrogen-bond acceptors (Lipinski definition) is 17. The third-order valence-electron chi connectivity index (χ3n) is 11.6. The summed E-state index contributed by atoms with van der Waals surface area (Å²) in [5.74, 6) is 1.44. The van der Waals surface area contributed by atoms with Crippen LogP contribution < -0.4 is 16.4 Å². The minimum atomic E-state index is -1.01. The van der Waals surface area contributed by atoms with E-state index >= 15 is 0 Å². The molecule has 8 atom stereocenters. The van der Waals surface area contributed by atoms with E-state index in [4.69, 9.17) is 36.3 Å². The Hall–Kier alpha value is -4.64. The summed E-state index contributed by atoms with van der Waals surface area (Å²) in [5.41, 5.74) is 6.15. The topological polar surface area (TPSA) is 272 Å². The van der Waals surface area contributed by atoms with Gasteiger partial charge in [0.25, 0.3) is 5.91 Å². The van der Waals surface area contributed by atoms with E-state index in [0.717, 1.165) is 18.8 Å². The largest absolute Gasteiger partial charge is 0.394 e. The molecule has 2 aliphatic carbocycles. The molecule has 11 rings (SSSR count). The Morgan fingerprint density at radius 2 is 1.39 bits per heavy atom. The molecule has 8 heterocycles. The van der Waals surface area contributed by atoms with Gasteiger partial charge in [0.1, 0.15) is 41.1 Å². The van der Waals surface area contributed by atoms with E-state index in [1.54, 1.807) is 39.7 Å². The van der Waals surface area contributed by atoms with Gasteiger partial charge in [0.2, 0.25) is 11.9 Å². The van der Waals surface area contributed by atoms with Crippen molar-refractivity contribution in [2.24, 2.45) is 5.92 Å². The number of nitrogens with one attached hydrogen (secondary N) is 2. The molecule has 21 heteroatoms. The summed E-state index contributed by atoms with van der Waals surface area (Å²) < 4.78 is 26.5. The van der Waals surface area contributed by atoms with E-state index < -0.39 is 48.1 Å². The summed E-state index contributed by atoms with van der Waals surface area (Å²) in [7, 11) is 0. The Morgan fingerprint density at radius 3 is 1.88 bits per heavy atom. The molecular weight excluding hydrogens is 790 g/mol. The molecule has 314 valence electrons. The van der Waals surface area contributed by atoms with E-state index in [9.17, 15) is 25.2 Å². The predicted molar refractivity (Wildman–Crippen MR) is 210 cm³/mol. The van der Waals surface area contributed by atoms with Gasteiger partial charge in [-0.15, -0.1) is 0 Å². The van der Waals surface area contributed by atoms with Crippen molar-refractivity contribution in [3.05, 3.63) is 53.7 Å². The van der Waals surface area contributed by atoms with Gasteiger partial charge < -0.3 is 50.4 Å². The highest BCUT2D eigenvalue weighted by Gasteiger charge is 2.63. The fourth-order valence-electron chi connectivity index (χ4n) is 7.72. The van der Waals surface area contributed by atoms with Crippen molar-refractivity contribution in [2.45, 2.75) is 99.6 Å². The SMILES string of the molecule is CC1CC1.Nc1nc(NC2CC2)c2ncn(C3OC(CO)C(O)[C@]34CCO4)c2n1.O=C(Nc1nc(Cl)c2ncn(C3OC(CO)C(O)[C@]34CCO4)c2n1)c1ccccc1. The lowest BCUT2D eigenvalue weighted by Gasteiger charge is -2.44. The van der Waals surface area contributed by atoms with Crippen molar-refractivity contribution >= 4 is 57.6 Å². The number of carbonyl (C=O) groups excluding carboxylic acids is 1. The average molecular weight is 836 g/mol. The summed E-state index contributed by atoms with van der Waals surface area (Å²) in [5, 5.41) is 46.2. The molecule has 0 bridgehead atoms. The van der Waals surface area contributed by atoms with Crippen LogP contribution in [0.3, 0.4) is 0 Å². The van der Waals surface area contributed by atoms with Gasteiger partial charge in [0.15, 0.2) is 40.2 Å². The average Bonchev–Trinajstić information content (AvgIpc) is 4.01. The van der Waals surface area contributed by atoms with Gasteiger partial charge in [-0.2, -0.15) is 19.9 Å². The molecule has 59 heavy (non-hydrogen) atoms. The number of fused-ring (bicyclic) bond motifs is 2. The normalized spacial score (nSPS) is 30.7. The molecule has 2 saturated carbocycles. The zero-order valence-corrected chi connectivity index (χ0v) is 32.9. The highest BCUT2D eigenvalue weighted by molar-refractivity contribution is 6.33. The Morgan fingerprint density at radius 1 is 0.847 bits per heavy atom. The maximum absolute atomic E-state index is 12.5. The fraction of sp³-hybridized carbons (Fsp3) is 0.553. The Labute approximate surface area is 342 Å². The summed E-state index contributed by atoms with van der Waals surface area (Å²) in [6.45, 7) is 2.63. The van der Waals surface area contributed by atoms with Crippen molar-refractivity contribution in [3.8, 4) is 0 Å². The monoisotopic (exact) mass is 835 g/mol. The smallest absolute Gasteiger partial charge is 0.258 e. The maximum atomic E-state index is 12.5. The number of anilines is 3. The van der Waals surface area contributed by atoms with Crippen LogP contribution in [0.1, 0.15) is 68.3 Å². The minimum Gasteiger partial charge on any atom is -0.394 e. The third-order valence-corrected chi connectivity index (χ3v) is 11.9. The Balaban J connectivity index is 0.000000141. The van der Waals surface area contributed by atoms with Gasteiger partial charge in [-0.3, -0.25) is 19.2 Å². The number of ether oxygens (including phenoxy) is 4. The molecular formula is C38H46ClN11O9. The number of hydrogen-bond donors (Lipinski definition) is 7. The first-order chi connectivity index (χ1) is 28.5. The van der Waals surface area contributed by atoms with E-state index in [0.29, 0.717) is 65.8 Å². The number of rotatable bonds is 8. The lowest BCUT2D eigenvalue weighted by atomic mass is 9.86. The molecule has 0 radical (unpaired) electrons. The van der Waals surface area contributed by atoms with E-state index in [-0.39, 0.29) is 36.2 Å². The first-order valence-electron chi connectivity index (χ1n) is 19.7. The minimum absolute atomic E-state index is 0.00364. The van der Waals surface area contributed by atoms with E-state index in [2.05, 4.69) is 47.5 Å². The number of carbonyl (C=O) groups is 1. The van der Waals surface area contributed by atoms with Crippen molar-refractivity contribution < 1.29 is 44.2 Å². The number of aromatic nitrogens is 8. The standard InChI is InChI=1S/C19H18ClN5O5.C15H20N6O4.C4H8/c20-14-12-15(23-18(22-14)24-16(28)10-4-2-1-3-5-10)25(9-21-12)17-19(6-7-29-19)13(27)11(8-26)30-17;16-14-19-11(18-7-1-2-7)9-12(20-14)21(6-17-9)13-15(3-4-24-15)10(23)8(5-22)25-13;1-4-2-3-4/h1-5,9,11,13,17,26-27H,6-8H2,(H,22,23,24,28);6-8,10,13,22-23H,1-5H2,(H3,16,18,19,20);4H,2-3H2,1H3/t11?,13?,17?,19-;8?,10?,13?,15-;/m11./s1. The molecule has 6 unspecified atom stereocenters.